The van der Waals surface area contributed by atoms with Crippen LogP contribution in [0, 0.1) is 0 Å². The Morgan fingerprint density at radius 1 is 1.08 bits per heavy atom. The molecular weight excluding hydrogens is 306 g/mol. The Morgan fingerprint density at radius 2 is 1.83 bits per heavy atom. The van der Waals surface area contributed by atoms with Crippen molar-refractivity contribution in [3.05, 3.63) is 53.9 Å². The Hall–Kier alpha value is -2.73. The van der Waals surface area contributed by atoms with Crippen molar-refractivity contribution in [3.8, 4) is 0 Å². The summed E-state index contributed by atoms with van der Waals surface area (Å²) in [6.45, 7) is 2.92. The van der Waals surface area contributed by atoms with Crippen molar-refractivity contribution in [2.75, 3.05) is 30.9 Å². The molecule has 1 aromatic heterocycles. The monoisotopic (exact) mass is 327 g/mol. The van der Waals surface area contributed by atoms with Crippen molar-refractivity contribution in [2.24, 2.45) is 0 Å². The summed E-state index contributed by atoms with van der Waals surface area (Å²) in [4.78, 5) is 27.6. The Morgan fingerprint density at radius 3 is 2.50 bits per heavy atom. The smallest absolute Gasteiger partial charge is 0.257 e. The molecule has 0 fully saturated rings. The van der Waals surface area contributed by atoms with Gasteiger partial charge in [0.2, 0.25) is 0 Å². The van der Waals surface area contributed by atoms with Crippen LogP contribution < -0.4 is 10.6 Å². The van der Waals surface area contributed by atoms with E-state index in [1.165, 1.54) is 13.1 Å². The van der Waals surface area contributed by atoms with Gasteiger partial charge in [-0.3, -0.25) is 14.6 Å². The summed E-state index contributed by atoms with van der Waals surface area (Å²) in [5, 5.41) is 5.99. The van der Waals surface area contributed by atoms with Crippen molar-refractivity contribution in [3.63, 3.8) is 0 Å². The second kappa shape index (κ2) is 8.79. The van der Waals surface area contributed by atoms with Crippen LogP contribution in [0.3, 0.4) is 0 Å². The molecule has 0 unspecified atom stereocenters. The number of ketones is 1. The zero-order valence-corrected chi connectivity index (χ0v) is 13.8. The molecule has 0 aliphatic rings. The Bertz CT molecular complexity index is 699. The van der Waals surface area contributed by atoms with Crippen molar-refractivity contribution < 1.29 is 14.3 Å². The van der Waals surface area contributed by atoms with Crippen LogP contribution in [0.15, 0.2) is 42.7 Å². The third kappa shape index (κ3) is 5.17. The van der Waals surface area contributed by atoms with Crippen LogP contribution in [-0.2, 0) is 4.74 Å². The second-order valence-corrected chi connectivity index (χ2v) is 5.32. The third-order valence-corrected chi connectivity index (χ3v) is 3.40. The predicted molar refractivity (Wildman–Crippen MR) is 93.6 cm³/mol. The Labute approximate surface area is 141 Å². The number of rotatable bonds is 8. The maximum atomic E-state index is 12.3. The van der Waals surface area contributed by atoms with E-state index in [4.69, 9.17) is 4.74 Å². The first-order valence-corrected chi connectivity index (χ1v) is 7.70. The lowest BCUT2D eigenvalue weighted by Gasteiger charge is -2.09. The number of anilines is 2. The molecular formula is C18H21N3O3. The molecule has 2 aromatic rings. The zero-order valence-electron chi connectivity index (χ0n) is 13.8. The summed E-state index contributed by atoms with van der Waals surface area (Å²) in [6.07, 6.45) is 4.06. The summed E-state index contributed by atoms with van der Waals surface area (Å²) in [7, 11) is 1.66. The SMILES string of the molecule is COCCCNc1cncc(C(=O)Nc2ccc(C(C)=O)cc2)c1. The van der Waals surface area contributed by atoms with Crippen LogP contribution >= 0.6 is 0 Å². The van der Waals surface area contributed by atoms with Crippen molar-refractivity contribution >= 4 is 23.1 Å². The van der Waals surface area contributed by atoms with E-state index in [0.717, 1.165) is 18.7 Å². The fraction of sp³-hybridized carbons (Fsp3) is 0.278. The average molecular weight is 327 g/mol. The first-order chi connectivity index (χ1) is 11.6. The van der Waals surface area contributed by atoms with E-state index in [-0.39, 0.29) is 11.7 Å². The molecule has 6 heteroatoms. The minimum absolute atomic E-state index is 0.00988. The van der Waals surface area contributed by atoms with Crippen LogP contribution in [-0.4, -0.2) is 36.9 Å². The molecule has 1 amide bonds. The number of carbonyl (C=O) groups is 2. The van der Waals surface area contributed by atoms with Gasteiger partial charge in [0.1, 0.15) is 0 Å². The molecule has 2 N–H and O–H groups in total. The lowest BCUT2D eigenvalue weighted by molar-refractivity contribution is 0.101. The number of nitrogens with one attached hydrogen (secondary N) is 2. The van der Waals surface area contributed by atoms with Gasteiger partial charge in [0.25, 0.3) is 5.91 Å². The largest absolute Gasteiger partial charge is 0.385 e. The number of ether oxygens (including phenoxy) is 1. The lowest BCUT2D eigenvalue weighted by Crippen LogP contribution is -2.13. The van der Waals surface area contributed by atoms with E-state index in [1.807, 2.05) is 0 Å². The van der Waals surface area contributed by atoms with Gasteiger partial charge in [-0.05, 0) is 43.7 Å². The quantitative estimate of drug-likeness (QED) is 0.575. The van der Waals surface area contributed by atoms with Crippen molar-refractivity contribution in [1.29, 1.82) is 0 Å². The minimum atomic E-state index is -0.251. The van der Waals surface area contributed by atoms with Crippen LogP contribution in [0.1, 0.15) is 34.1 Å². The summed E-state index contributed by atoms with van der Waals surface area (Å²) >= 11 is 0. The van der Waals surface area contributed by atoms with E-state index < -0.39 is 0 Å². The van der Waals surface area contributed by atoms with Crippen LogP contribution in [0.25, 0.3) is 0 Å². The van der Waals surface area contributed by atoms with Gasteiger partial charge in [-0.1, -0.05) is 0 Å². The van der Waals surface area contributed by atoms with Gasteiger partial charge < -0.3 is 15.4 Å². The van der Waals surface area contributed by atoms with Crippen molar-refractivity contribution in [2.45, 2.75) is 13.3 Å². The van der Waals surface area contributed by atoms with Gasteiger partial charge in [-0.2, -0.15) is 0 Å². The molecule has 0 aliphatic carbocycles. The van der Waals surface area contributed by atoms with E-state index in [0.29, 0.717) is 23.4 Å². The second-order valence-electron chi connectivity index (χ2n) is 5.32. The highest BCUT2D eigenvalue weighted by Gasteiger charge is 2.08. The van der Waals surface area contributed by atoms with Gasteiger partial charge in [0.15, 0.2) is 5.78 Å². The van der Waals surface area contributed by atoms with Crippen LogP contribution in [0.4, 0.5) is 11.4 Å². The molecule has 0 atom stereocenters. The predicted octanol–water partition coefficient (Wildman–Crippen LogP) is 2.98. The molecule has 0 saturated carbocycles. The van der Waals surface area contributed by atoms with E-state index in [2.05, 4.69) is 15.6 Å². The number of aromatic nitrogens is 1. The highest BCUT2D eigenvalue weighted by Crippen LogP contribution is 2.13. The fourth-order valence-electron chi connectivity index (χ4n) is 2.10. The number of methoxy groups -OCH3 is 1. The van der Waals surface area contributed by atoms with Gasteiger partial charge in [0, 0.05) is 43.9 Å². The summed E-state index contributed by atoms with van der Waals surface area (Å²) in [5.74, 6) is -0.261. The molecule has 0 radical (unpaired) electrons. The molecule has 0 saturated heterocycles. The number of benzene rings is 1. The minimum Gasteiger partial charge on any atom is -0.385 e. The highest BCUT2D eigenvalue weighted by molar-refractivity contribution is 6.04. The fourth-order valence-corrected chi connectivity index (χ4v) is 2.10. The molecule has 0 spiro atoms. The van der Waals surface area contributed by atoms with Crippen molar-refractivity contribution in [1.82, 2.24) is 4.98 Å². The average Bonchev–Trinajstić information content (AvgIpc) is 2.59. The summed E-state index contributed by atoms with van der Waals surface area (Å²) in [6, 6.07) is 8.52. The lowest BCUT2D eigenvalue weighted by atomic mass is 10.1. The highest BCUT2D eigenvalue weighted by atomic mass is 16.5. The maximum Gasteiger partial charge on any atom is 0.257 e. The van der Waals surface area contributed by atoms with Gasteiger partial charge in [-0.25, -0.2) is 0 Å². The molecule has 1 heterocycles. The number of carbonyl (C=O) groups excluding carboxylic acids is 2. The summed E-state index contributed by atoms with van der Waals surface area (Å²) < 4.78 is 4.99. The van der Waals surface area contributed by atoms with E-state index in [9.17, 15) is 9.59 Å². The first kappa shape index (κ1) is 17.6. The summed E-state index contributed by atoms with van der Waals surface area (Å²) in [5.41, 5.74) is 2.48. The number of pyridine rings is 1. The van der Waals surface area contributed by atoms with Gasteiger partial charge in [0.05, 0.1) is 11.3 Å². The Kier molecular flexibility index (Phi) is 6.45. The topological polar surface area (TPSA) is 80.3 Å². The molecule has 126 valence electrons. The van der Waals surface area contributed by atoms with E-state index >= 15 is 0 Å². The Balaban J connectivity index is 1.97. The number of Topliss-reactive ketones (excluding diaryl/α,β-unsaturated/α-hetero) is 1. The third-order valence-electron chi connectivity index (χ3n) is 3.40. The molecule has 6 nitrogen and oxygen atoms in total. The molecule has 24 heavy (non-hydrogen) atoms. The maximum absolute atomic E-state index is 12.3. The van der Waals surface area contributed by atoms with Crippen LogP contribution in [0.5, 0.6) is 0 Å². The van der Waals surface area contributed by atoms with E-state index in [1.54, 1.807) is 43.6 Å². The molecule has 0 aliphatic heterocycles. The zero-order chi connectivity index (χ0) is 17.4. The van der Waals surface area contributed by atoms with Gasteiger partial charge >= 0.3 is 0 Å². The molecule has 0 bridgehead atoms. The number of nitrogens with zero attached hydrogens (tertiary/aromatic N) is 1. The van der Waals surface area contributed by atoms with Crippen LogP contribution in [0.2, 0.25) is 0 Å². The first-order valence-electron chi connectivity index (χ1n) is 7.70. The standard InChI is InChI=1S/C18H21N3O3/c1-13(22)14-4-6-16(7-5-14)21-18(23)15-10-17(12-19-11-15)20-8-3-9-24-2/h4-7,10-12,20H,3,8-9H2,1-2H3,(H,21,23). The normalized spacial score (nSPS) is 10.2. The number of amides is 1. The number of hydrogen-bond acceptors (Lipinski definition) is 5. The molecule has 1 aromatic carbocycles. The van der Waals surface area contributed by atoms with Gasteiger partial charge in [-0.15, -0.1) is 0 Å². The molecule has 2 rings (SSSR count). The number of hydrogen-bond donors (Lipinski definition) is 2.